The Morgan fingerprint density at radius 1 is 1.00 bits per heavy atom. The zero-order valence-electron chi connectivity index (χ0n) is 13.3. The lowest BCUT2D eigenvalue weighted by Crippen LogP contribution is -2.36. The zero-order valence-corrected chi connectivity index (χ0v) is 13.3. The Kier molecular flexibility index (Phi) is 3.83. The molecule has 0 unspecified atom stereocenters. The molecule has 0 saturated carbocycles. The van der Waals surface area contributed by atoms with Crippen molar-refractivity contribution in [3.8, 4) is 0 Å². The fourth-order valence-corrected chi connectivity index (χ4v) is 3.08. The van der Waals surface area contributed by atoms with Crippen molar-refractivity contribution in [3.05, 3.63) is 83.2 Å². The van der Waals surface area contributed by atoms with Crippen LogP contribution in [0.2, 0.25) is 0 Å². The first-order valence-corrected chi connectivity index (χ1v) is 8.10. The van der Waals surface area contributed by atoms with Gasteiger partial charge < -0.3 is 4.90 Å². The van der Waals surface area contributed by atoms with Crippen LogP contribution in [0.3, 0.4) is 0 Å². The molecule has 0 N–H and O–H groups in total. The molecule has 5 heteroatoms. The Morgan fingerprint density at radius 3 is 2.58 bits per heavy atom. The van der Waals surface area contributed by atoms with Gasteiger partial charge in [0.1, 0.15) is 0 Å². The second-order valence-corrected chi connectivity index (χ2v) is 6.03. The van der Waals surface area contributed by atoms with Crippen LogP contribution in [0, 0.1) is 0 Å². The van der Waals surface area contributed by atoms with Gasteiger partial charge in [0.2, 0.25) is 0 Å². The van der Waals surface area contributed by atoms with Crippen molar-refractivity contribution in [3.63, 3.8) is 0 Å². The van der Waals surface area contributed by atoms with E-state index in [1.54, 1.807) is 10.9 Å². The fraction of sp³-hybridized carbons (Fsp3) is 0.211. The largest absolute Gasteiger partial charge is 0.333 e. The van der Waals surface area contributed by atoms with Crippen LogP contribution in [0.4, 0.5) is 0 Å². The quantitative estimate of drug-likeness (QED) is 0.745. The van der Waals surface area contributed by atoms with Crippen molar-refractivity contribution in [2.45, 2.75) is 19.5 Å². The van der Waals surface area contributed by atoms with Gasteiger partial charge in [-0.3, -0.25) is 4.79 Å². The van der Waals surface area contributed by atoms with Gasteiger partial charge in [-0.25, -0.2) is 4.68 Å². The van der Waals surface area contributed by atoms with Gasteiger partial charge in [-0.2, -0.15) is 0 Å². The highest BCUT2D eigenvalue weighted by Gasteiger charge is 2.23. The minimum atomic E-state index is -0.0520. The molecule has 3 aromatic rings. The average Bonchev–Trinajstić information content (AvgIpc) is 3.10. The second-order valence-electron chi connectivity index (χ2n) is 6.03. The van der Waals surface area contributed by atoms with Crippen LogP contribution in [-0.2, 0) is 19.5 Å². The van der Waals surface area contributed by atoms with Gasteiger partial charge in [-0.1, -0.05) is 59.8 Å². The number of fused-ring (bicyclic) bond motifs is 1. The summed E-state index contributed by atoms with van der Waals surface area (Å²) in [5, 5.41) is 8.16. The molecule has 1 aliphatic heterocycles. The number of carbonyl (C=O) groups is 1. The zero-order chi connectivity index (χ0) is 16.4. The topological polar surface area (TPSA) is 51.0 Å². The summed E-state index contributed by atoms with van der Waals surface area (Å²) in [5.41, 5.74) is 4.08. The smallest absolute Gasteiger partial charge is 0.276 e. The Hall–Kier alpha value is -2.95. The van der Waals surface area contributed by atoms with E-state index in [1.807, 2.05) is 47.4 Å². The monoisotopic (exact) mass is 318 g/mol. The first-order valence-electron chi connectivity index (χ1n) is 8.10. The maximum absolute atomic E-state index is 12.7. The predicted molar refractivity (Wildman–Crippen MR) is 90.5 cm³/mol. The van der Waals surface area contributed by atoms with E-state index in [-0.39, 0.29) is 5.91 Å². The Balaban J connectivity index is 1.48. The molecule has 24 heavy (non-hydrogen) atoms. The van der Waals surface area contributed by atoms with Gasteiger partial charge in [-0.15, -0.1) is 5.10 Å². The summed E-state index contributed by atoms with van der Waals surface area (Å²) >= 11 is 0. The van der Waals surface area contributed by atoms with Crippen molar-refractivity contribution in [1.82, 2.24) is 19.9 Å². The molecule has 0 radical (unpaired) electrons. The molecule has 5 nitrogen and oxygen atoms in total. The van der Waals surface area contributed by atoms with E-state index in [0.717, 1.165) is 18.5 Å². The van der Waals surface area contributed by atoms with Crippen LogP contribution in [0.15, 0.2) is 60.8 Å². The maximum atomic E-state index is 12.7. The highest BCUT2D eigenvalue weighted by molar-refractivity contribution is 5.92. The van der Waals surface area contributed by atoms with E-state index in [1.165, 1.54) is 11.1 Å². The second kappa shape index (κ2) is 6.28. The van der Waals surface area contributed by atoms with Crippen molar-refractivity contribution in [2.75, 3.05) is 6.54 Å². The molecule has 2 heterocycles. The summed E-state index contributed by atoms with van der Waals surface area (Å²) in [5.74, 6) is -0.0520. The standard InChI is InChI=1S/C19H18N4O/c24-19(22-11-10-16-8-4-5-9-17(16)13-22)18-14-23(21-20-18)12-15-6-2-1-3-7-15/h1-9,14H,10-13H2. The van der Waals surface area contributed by atoms with E-state index in [4.69, 9.17) is 0 Å². The normalized spacial score (nSPS) is 13.6. The number of carbonyl (C=O) groups excluding carboxylic acids is 1. The molecule has 120 valence electrons. The summed E-state index contributed by atoms with van der Waals surface area (Å²) in [6.07, 6.45) is 2.62. The third-order valence-corrected chi connectivity index (χ3v) is 4.36. The van der Waals surface area contributed by atoms with E-state index in [2.05, 4.69) is 22.4 Å². The molecule has 0 bridgehead atoms. The number of amides is 1. The lowest BCUT2D eigenvalue weighted by atomic mass is 10.00. The molecule has 0 aliphatic carbocycles. The Morgan fingerprint density at radius 2 is 1.75 bits per heavy atom. The number of hydrogen-bond acceptors (Lipinski definition) is 3. The van der Waals surface area contributed by atoms with Crippen LogP contribution in [0.5, 0.6) is 0 Å². The van der Waals surface area contributed by atoms with Gasteiger partial charge in [0, 0.05) is 13.1 Å². The van der Waals surface area contributed by atoms with Crippen molar-refractivity contribution >= 4 is 5.91 Å². The summed E-state index contributed by atoms with van der Waals surface area (Å²) in [4.78, 5) is 14.5. The number of hydrogen-bond donors (Lipinski definition) is 0. The highest BCUT2D eigenvalue weighted by Crippen LogP contribution is 2.19. The first-order chi connectivity index (χ1) is 11.8. The van der Waals surface area contributed by atoms with E-state index < -0.39 is 0 Å². The van der Waals surface area contributed by atoms with E-state index >= 15 is 0 Å². The first kappa shape index (κ1) is 14.6. The van der Waals surface area contributed by atoms with Crippen LogP contribution in [0.25, 0.3) is 0 Å². The van der Waals surface area contributed by atoms with Crippen molar-refractivity contribution in [1.29, 1.82) is 0 Å². The van der Waals surface area contributed by atoms with Gasteiger partial charge in [0.05, 0.1) is 12.7 Å². The van der Waals surface area contributed by atoms with Crippen LogP contribution in [0.1, 0.15) is 27.2 Å². The molecule has 1 aromatic heterocycles. The van der Waals surface area contributed by atoms with Crippen LogP contribution < -0.4 is 0 Å². The van der Waals surface area contributed by atoms with Crippen LogP contribution >= 0.6 is 0 Å². The van der Waals surface area contributed by atoms with Gasteiger partial charge in [0.15, 0.2) is 5.69 Å². The SMILES string of the molecule is O=C(c1cn(Cc2ccccc2)nn1)N1CCc2ccccc2C1. The predicted octanol–water partition coefficient (Wildman–Crippen LogP) is 2.52. The molecule has 0 fully saturated rings. The minimum absolute atomic E-state index is 0.0520. The molecule has 1 aliphatic rings. The molecule has 2 aromatic carbocycles. The molecule has 4 rings (SSSR count). The molecule has 0 atom stereocenters. The number of rotatable bonds is 3. The summed E-state index contributed by atoms with van der Waals surface area (Å²) < 4.78 is 1.71. The number of aromatic nitrogens is 3. The van der Waals surface area contributed by atoms with Gasteiger partial charge in [0.25, 0.3) is 5.91 Å². The Labute approximate surface area is 140 Å². The lowest BCUT2D eigenvalue weighted by Gasteiger charge is -2.28. The Bertz CT molecular complexity index is 857. The minimum Gasteiger partial charge on any atom is -0.333 e. The summed E-state index contributed by atoms with van der Waals surface area (Å²) in [7, 11) is 0. The van der Waals surface area contributed by atoms with Gasteiger partial charge in [-0.05, 0) is 23.1 Å². The van der Waals surface area contributed by atoms with Gasteiger partial charge >= 0.3 is 0 Å². The molecule has 0 spiro atoms. The van der Waals surface area contributed by atoms with Crippen molar-refractivity contribution < 1.29 is 4.79 Å². The fourth-order valence-electron chi connectivity index (χ4n) is 3.08. The molecular formula is C19H18N4O. The maximum Gasteiger partial charge on any atom is 0.276 e. The van der Waals surface area contributed by atoms with E-state index in [9.17, 15) is 4.79 Å². The molecule has 1 amide bonds. The third-order valence-electron chi connectivity index (χ3n) is 4.36. The molecular weight excluding hydrogens is 300 g/mol. The number of benzene rings is 2. The van der Waals surface area contributed by atoms with Crippen LogP contribution in [-0.4, -0.2) is 32.3 Å². The highest BCUT2D eigenvalue weighted by atomic mass is 16.2. The molecule has 0 saturated heterocycles. The number of nitrogens with zero attached hydrogens (tertiary/aromatic N) is 4. The lowest BCUT2D eigenvalue weighted by molar-refractivity contribution is 0.0728. The van der Waals surface area contributed by atoms with E-state index in [0.29, 0.717) is 18.8 Å². The summed E-state index contributed by atoms with van der Waals surface area (Å²) in [6, 6.07) is 18.3. The third kappa shape index (κ3) is 2.93. The van der Waals surface area contributed by atoms with Crippen molar-refractivity contribution in [2.24, 2.45) is 0 Å². The average molecular weight is 318 g/mol. The summed E-state index contributed by atoms with van der Waals surface area (Å²) in [6.45, 7) is 1.98.